The van der Waals surface area contributed by atoms with Gasteiger partial charge in [0.25, 0.3) is 5.91 Å². The summed E-state index contributed by atoms with van der Waals surface area (Å²) in [6.45, 7) is 0.657. The molecular weight excluding hydrogens is 206 g/mol. The Kier molecular flexibility index (Phi) is 3.10. The van der Waals surface area contributed by atoms with E-state index in [2.05, 4.69) is 0 Å². The molecule has 0 spiro atoms. The second-order valence-corrected chi connectivity index (χ2v) is 3.92. The quantitative estimate of drug-likeness (QED) is 0.824. The number of hydrogen-bond acceptors (Lipinski definition) is 3. The highest BCUT2D eigenvalue weighted by Gasteiger charge is 2.27. The summed E-state index contributed by atoms with van der Waals surface area (Å²) < 4.78 is 5.33. The Labute approximate surface area is 94.4 Å². The Morgan fingerprint density at radius 3 is 3.00 bits per heavy atom. The molecule has 4 heteroatoms. The molecule has 0 saturated carbocycles. The van der Waals surface area contributed by atoms with Gasteiger partial charge in [-0.3, -0.25) is 4.79 Å². The van der Waals surface area contributed by atoms with E-state index in [0.29, 0.717) is 12.3 Å². The van der Waals surface area contributed by atoms with Crippen molar-refractivity contribution < 1.29 is 14.6 Å². The van der Waals surface area contributed by atoms with Crippen LogP contribution >= 0.6 is 0 Å². The number of rotatable bonds is 2. The van der Waals surface area contributed by atoms with Gasteiger partial charge in [-0.25, -0.2) is 0 Å². The molecule has 1 amide bonds. The first kappa shape index (κ1) is 11.0. The molecule has 4 nitrogen and oxygen atoms in total. The number of benzene rings is 1. The number of nitrogens with zero attached hydrogens (tertiary/aromatic N) is 1. The van der Waals surface area contributed by atoms with Crippen LogP contribution in [0.5, 0.6) is 5.75 Å². The maximum absolute atomic E-state index is 12.0. The van der Waals surface area contributed by atoms with Crippen LogP contribution in [0.4, 0.5) is 5.69 Å². The van der Waals surface area contributed by atoms with Gasteiger partial charge in [0.2, 0.25) is 0 Å². The summed E-state index contributed by atoms with van der Waals surface area (Å²) in [6, 6.07) is 6.64. The smallest absolute Gasteiger partial charge is 0.255 e. The van der Waals surface area contributed by atoms with Gasteiger partial charge in [0.05, 0.1) is 0 Å². The molecule has 1 aliphatic rings. The third-order valence-electron chi connectivity index (χ3n) is 2.75. The molecule has 1 heterocycles. The Hall–Kier alpha value is -1.55. The number of phenolic OH excluding ortho intramolecular Hbond substituents is 1. The van der Waals surface area contributed by atoms with Gasteiger partial charge in [0, 0.05) is 25.4 Å². The van der Waals surface area contributed by atoms with Crippen LogP contribution in [0, 0.1) is 0 Å². The monoisotopic (exact) mass is 221 g/mol. The van der Waals surface area contributed by atoms with Crippen LogP contribution in [-0.2, 0) is 9.53 Å². The maximum atomic E-state index is 12.0. The van der Waals surface area contributed by atoms with Gasteiger partial charge in [-0.2, -0.15) is 0 Å². The average Bonchev–Trinajstić information content (AvgIpc) is 2.80. The van der Waals surface area contributed by atoms with Gasteiger partial charge in [-0.15, -0.1) is 0 Å². The molecule has 0 aliphatic carbocycles. The fraction of sp³-hybridized carbons (Fsp3) is 0.417. The molecule has 0 aromatic heterocycles. The van der Waals surface area contributed by atoms with Crippen molar-refractivity contribution in [1.82, 2.24) is 0 Å². The van der Waals surface area contributed by atoms with Crippen LogP contribution in [0.3, 0.4) is 0 Å². The Morgan fingerprint density at radius 2 is 2.38 bits per heavy atom. The highest BCUT2D eigenvalue weighted by Crippen LogP contribution is 2.22. The lowest BCUT2D eigenvalue weighted by atomic mass is 10.2. The molecule has 0 radical (unpaired) electrons. The number of phenols is 1. The average molecular weight is 221 g/mol. The van der Waals surface area contributed by atoms with Crippen LogP contribution in [0.1, 0.15) is 12.8 Å². The van der Waals surface area contributed by atoms with Crippen molar-refractivity contribution in [3.8, 4) is 5.75 Å². The second-order valence-electron chi connectivity index (χ2n) is 3.92. The van der Waals surface area contributed by atoms with Gasteiger partial charge in [-0.05, 0) is 25.0 Å². The lowest BCUT2D eigenvalue weighted by Gasteiger charge is -2.20. The predicted molar refractivity (Wildman–Crippen MR) is 60.5 cm³/mol. The molecule has 86 valence electrons. The van der Waals surface area contributed by atoms with Crippen molar-refractivity contribution in [2.45, 2.75) is 18.9 Å². The zero-order valence-electron chi connectivity index (χ0n) is 9.22. The van der Waals surface area contributed by atoms with Crippen molar-refractivity contribution in [2.75, 3.05) is 18.6 Å². The molecule has 1 unspecified atom stereocenters. The molecule has 1 fully saturated rings. The van der Waals surface area contributed by atoms with Gasteiger partial charge in [-0.1, -0.05) is 6.07 Å². The Morgan fingerprint density at radius 1 is 1.56 bits per heavy atom. The molecule has 1 aromatic rings. The van der Waals surface area contributed by atoms with Crippen molar-refractivity contribution in [3.63, 3.8) is 0 Å². The first-order valence-electron chi connectivity index (χ1n) is 5.36. The van der Waals surface area contributed by atoms with E-state index in [1.807, 2.05) is 0 Å². The fourth-order valence-electron chi connectivity index (χ4n) is 1.82. The van der Waals surface area contributed by atoms with Gasteiger partial charge in [0.1, 0.15) is 11.9 Å². The number of likely N-dealkylation sites (N-methyl/N-ethyl adjacent to an activating group) is 1. The van der Waals surface area contributed by atoms with Crippen molar-refractivity contribution >= 4 is 11.6 Å². The Balaban J connectivity index is 2.11. The molecule has 0 bridgehead atoms. The third kappa shape index (κ3) is 2.17. The number of carbonyl (C=O) groups excluding carboxylic acids is 1. The normalized spacial score (nSPS) is 19.7. The summed E-state index contributed by atoms with van der Waals surface area (Å²) in [7, 11) is 1.69. The summed E-state index contributed by atoms with van der Waals surface area (Å²) in [6.07, 6.45) is 1.39. The van der Waals surface area contributed by atoms with Crippen LogP contribution < -0.4 is 4.90 Å². The topological polar surface area (TPSA) is 49.8 Å². The van der Waals surface area contributed by atoms with E-state index in [-0.39, 0.29) is 17.8 Å². The largest absolute Gasteiger partial charge is 0.508 e. The molecule has 1 aromatic carbocycles. The molecule has 1 aliphatic heterocycles. The highest BCUT2D eigenvalue weighted by atomic mass is 16.5. The summed E-state index contributed by atoms with van der Waals surface area (Å²) in [4.78, 5) is 13.5. The Bertz CT molecular complexity index is 386. The van der Waals surface area contributed by atoms with Crippen molar-refractivity contribution in [1.29, 1.82) is 0 Å². The molecular formula is C12H15NO3. The number of carbonyl (C=O) groups is 1. The minimum Gasteiger partial charge on any atom is -0.508 e. The van der Waals surface area contributed by atoms with Crippen LogP contribution in [-0.4, -0.2) is 30.8 Å². The first-order chi connectivity index (χ1) is 7.68. The third-order valence-corrected chi connectivity index (χ3v) is 2.75. The second kappa shape index (κ2) is 4.53. The van der Waals surface area contributed by atoms with E-state index >= 15 is 0 Å². The van der Waals surface area contributed by atoms with E-state index in [9.17, 15) is 9.90 Å². The van der Waals surface area contributed by atoms with Gasteiger partial charge >= 0.3 is 0 Å². The fourth-order valence-corrected chi connectivity index (χ4v) is 1.82. The number of hydrogen-bond donors (Lipinski definition) is 1. The first-order valence-corrected chi connectivity index (χ1v) is 5.36. The number of aromatic hydroxyl groups is 1. The summed E-state index contributed by atoms with van der Waals surface area (Å²) >= 11 is 0. The van der Waals surface area contributed by atoms with Crippen molar-refractivity contribution in [3.05, 3.63) is 24.3 Å². The minimum absolute atomic E-state index is 0.0527. The number of anilines is 1. The zero-order chi connectivity index (χ0) is 11.5. The summed E-state index contributed by atoms with van der Waals surface area (Å²) in [5.74, 6) is 0.104. The summed E-state index contributed by atoms with van der Waals surface area (Å²) in [5.41, 5.74) is 0.681. The number of amides is 1. The predicted octanol–water partition coefficient (Wildman–Crippen LogP) is 1.53. The van der Waals surface area contributed by atoms with Gasteiger partial charge in [0.15, 0.2) is 0 Å². The van der Waals surface area contributed by atoms with E-state index in [4.69, 9.17) is 4.74 Å². The SMILES string of the molecule is CN(C(=O)C1CCCO1)c1cccc(O)c1. The van der Waals surface area contributed by atoms with E-state index in [1.165, 1.54) is 4.90 Å². The van der Waals surface area contributed by atoms with Crippen LogP contribution in [0.25, 0.3) is 0 Å². The summed E-state index contributed by atoms with van der Waals surface area (Å²) in [5, 5.41) is 9.34. The standard InChI is InChI=1S/C12H15NO3/c1-13(9-4-2-5-10(14)8-9)12(15)11-6-3-7-16-11/h2,4-5,8,11,14H,3,6-7H2,1H3. The van der Waals surface area contributed by atoms with E-state index < -0.39 is 0 Å². The molecule has 16 heavy (non-hydrogen) atoms. The number of ether oxygens (including phenoxy) is 1. The zero-order valence-corrected chi connectivity index (χ0v) is 9.22. The van der Waals surface area contributed by atoms with Crippen molar-refractivity contribution in [2.24, 2.45) is 0 Å². The lowest BCUT2D eigenvalue weighted by Crippen LogP contribution is -2.35. The van der Waals surface area contributed by atoms with Crippen LogP contribution in [0.15, 0.2) is 24.3 Å². The maximum Gasteiger partial charge on any atom is 0.255 e. The highest BCUT2D eigenvalue weighted by molar-refractivity contribution is 5.96. The molecule has 1 N–H and O–H groups in total. The van der Waals surface area contributed by atoms with E-state index in [1.54, 1.807) is 31.3 Å². The van der Waals surface area contributed by atoms with E-state index in [0.717, 1.165) is 12.8 Å². The minimum atomic E-state index is -0.327. The van der Waals surface area contributed by atoms with Gasteiger partial charge < -0.3 is 14.7 Å². The lowest BCUT2D eigenvalue weighted by molar-refractivity contribution is -0.127. The van der Waals surface area contributed by atoms with Crippen LogP contribution in [0.2, 0.25) is 0 Å². The molecule has 2 rings (SSSR count). The molecule has 1 atom stereocenters. The molecule has 1 saturated heterocycles.